The van der Waals surface area contributed by atoms with Crippen LogP contribution in [-0.4, -0.2) is 31.2 Å². The van der Waals surface area contributed by atoms with Crippen LogP contribution in [0.2, 0.25) is 10.0 Å². The molecule has 1 aliphatic rings. The third-order valence-corrected chi connectivity index (χ3v) is 4.33. The lowest BCUT2D eigenvalue weighted by molar-refractivity contribution is 0.0944. The van der Waals surface area contributed by atoms with Crippen LogP contribution in [-0.2, 0) is 4.74 Å². The fraction of sp³-hybridized carbons (Fsp3) is 0.238. The molecule has 3 rings (SSSR count). The number of allylic oxidation sites excluding steroid dienone is 2. The first-order chi connectivity index (χ1) is 13.1. The van der Waals surface area contributed by atoms with Gasteiger partial charge in [-0.25, -0.2) is 0 Å². The Labute approximate surface area is 169 Å². The molecule has 0 aliphatic carbocycles. The zero-order valence-corrected chi connectivity index (χ0v) is 16.5. The number of likely N-dealkylation sites (N-methyl/N-ethyl adjacent to an activating group) is 1. The molecule has 0 amide bonds. The Morgan fingerprint density at radius 2 is 1.56 bits per heavy atom. The lowest BCUT2D eigenvalue weighted by atomic mass is 10.3. The van der Waals surface area contributed by atoms with Crippen LogP contribution in [0.25, 0.3) is 0 Å². The van der Waals surface area contributed by atoms with Crippen molar-refractivity contribution in [1.82, 2.24) is 4.90 Å². The second-order valence-corrected chi connectivity index (χ2v) is 6.72. The normalized spacial score (nSPS) is 13.3. The first-order valence-electron chi connectivity index (χ1n) is 8.75. The molecule has 2 aromatic rings. The van der Waals surface area contributed by atoms with Crippen LogP contribution in [0.5, 0.6) is 17.2 Å². The Hall–Kier alpha value is -2.30. The Balaban J connectivity index is 1.46. The van der Waals surface area contributed by atoms with Gasteiger partial charge in [0.15, 0.2) is 5.88 Å². The second-order valence-electron chi connectivity index (χ2n) is 5.85. The Bertz CT molecular complexity index is 798. The maximum atomic E-state index is 5.98. The Morgan fingerprint density at radius 1 is 0.889 bits per heavy atom. The number of hydrogen-bond acceptors (Lipinski definition) is 4. The fourth-order valence-corrected chi connectivity index (χ4v) is 3.10. The first-order valence-corrected chi connectivity index (χ1v) is 9.51. The molecule has 0 spiro atoms. The summed E-state index contributed by atoms with van der Waals surface area (Å²) in [6, 6.07) is 12.4. The average Bonchev–Trinajstić information content (AvgIpc) is 2.66. The van der Waals surface area contributed by atoms with Crippen LogP contribution < -0.4 is 9.47 Å². The maximum Gasteiger partial charge on any atom is 0.189 e. The van der Waals surface area contributed by atoms with Crippen molar-refractivity contribution >= 4 is 23.2 Å². The highest BCUT2D eigenvalue weighted by Gasteiger charge is 2.09. The van der Waals surface area contributed by atoms with Gasteiger partial charge in [0.05, 0.1) is 0 Å². The number of ether oxygens (including phenoxy) is 3. The molecular formula is C21H21Cl2NO3. The number of benzene rings is 2. The molecule has 6 heteroatoms. The van der Waals surface area contributed by atoms with E-state index in [4.69, 9.17) is 37.4 Å². The third-order valence-electron chi connectivity index (χ3n) is 3.89. The summed E-state index contributed by atoms with van der Waals surface area (Å²) in [5.74, 6) is 2.90. The minimum atomic E-state index is 0.461. The summed E-state index contributed by atoms with van der Waals surface area (Å²) in [7, 11) is 0. The fourth-order valence-electron chi connectivity index (χ4n) is 2.59. The van der Waals surface area contributed by atoms with Gasteiger partial charge < -0.3 is 19.1 Å². The van der Waals surface area contributed by atoms with Crippen LogP contribution in [0.15, 0.2) is 66.6 Å². The molecule has 0 aromatic heterocycles. The Morgan fingerprint density at radius 3 is 2.26 bits per heavy atom. The summed E-state index contributed by atoms with van der Waals surface area (Å²) in [6.07, 6.45) is 6.09. The van der Waals surface area contributed by atoms with Crippen LogP contribution in [0.3, 0.4) is 0 Å². The molecular weight excluding hydrogens is 385 g/mol. The van der Waals surface area contributed by atoms with Gasteiger partial charge >= 0.3 is 0 Å². The van der Waals surface area contributed by atoms with Gasteiger partial charge in [0.25, 0.3) is 0 Å². The van der Waals surface area contributed by atoms with Crippen molar-refractivity contribution in [2.24, 2.45) is 0 Å². The molecule has 0 unspecified atom stereocenters. The minimum absolute atomic E-state index is 0.461. The van der Waals surface area contributed by atoms with Gasteiger partial charge in [-0.15, -0.1) is 0 Å². The topological polar surface area (TPSA) is 30.9 Å². The highest BCUT2D eigenvalue weighted by molar-refractivity contribution is 6.34. The van der Waals surface area contributed by atoms with Crippen LogP contribution >= 0.6 is 23.2 Å². The largest absolute Gasteiger partial charge is 0.490 e. The molecule has 4 nitrogen and oxygen atoms in total. The van der Waals surface area contributed by atoms with E-state index in [1.807, 2.05) is 36.4 Å². The molecule has 0 N–H and O–H groups in total. The summed E-state index contributed by atoms with van der Waals surface area (Å²) in [5, 5.41) is 1.06. The van der Waals surface area contributed by atoms with Crippen LogP contribution in [0, 0.1) is 0 Å². The molecule has 1 heterocycles. The van der Waals surface area contributed by atoms with E-state index in [2.05, 4.69) is 17.9 Å². The predicted molar refractivity (Wildman–Crippen MR) is 109 cm³/mol. The third kappa shape index (κ3) is 5.84. The van der Waals surface area contributed by atoms with Gasteiger partial charge in [0, 0.05) is 23.1 Å². The van der Waals surface area contributed by atoms with E-state index in [0.29, 0.717) is 34.8 Å². The first kappa shape index (κ1) is 19.5. The molecule has 0 saturated heterocycles. The van der Waals surface area contributed by atoms with E-state index in [-0.39, 0.29) is 0 Å². The number of hydrogen-bond donors (Lipinski definition) is 0. The van der Waals surface area contributed by atoms with E-state index in [0.717, 1.165) is 24.7 Å². The predicted octanol–water partition coefficient (Wildman–Crippen LogP) is 5.91. The van der Waals surface area contributed by atoms with Crippen molar-refractivity contribution in [2.45, 2.75) is 6.92 Å². The van der Waals surface area contributed by atoms with Crippen molar-refractivity contribution in [2.75, 3.05) is 26.3 Å². The molecule has 0 radical (unpaired) electrons. The van der Waals surface area contributed by atoms with E-state index < -0.39 is 0 Å². The lowest BCUT2D eigenvalue weighted by Gasteiger charge is -2.26. The molecule has 27 heavy (non-hydrogen) atoms. The van der Waals surface area contributed by atoms with Gasteiger partial charge in [-0.05, 0) is 55.5 Å². The molecule has 142 valence electrons. The van der Waals surface area contributed by atoms with Crippen molar-refractivity contribution in [1.29, 1.82) is 0 Å². The second kappa shape index (κ2) is 9.58. The Kier molecular flexibility index (Phi) is 6.91. The number of halogens is 2. The van der Waals surface area contributed by atoms with Crippen LogP contribution in [0.4, 0.5) is 0 Å². The molecule has 0 fully saturated rings. The van der Waals surface area contributed by atoms with Gasteiger partial charge in [-0.3, -0.25) is 0 Å². The van der Waals surface area contributed by atoms with Crippen LogP contribution in [0.1, 0.15) is 6.92 Å². The quantitative estimate of drug-likeness (QED) is 0.510. The SMILES string of the molecule is CCN1CC=CC=C1OCCOc1ccc(Oc2cc(Cl)cc(Cl)c2)cc1. The smallest absolute Gasteiger partial charge is 0.189 e. The number of rotatable bonds is 8. The summed E-state index contributed by atoms with van der Waals surface area (Å²) >= 11 is 12.0. The minimum Gasteiger partial charge on any atom is -0.490 e. The van der Waals surface area contributed by atoms with E-state index >= 15 is 0 Å². The van der Waals surface area contributed by atoms with Crippen molar-refractivity contribution in [3.05, 3.63) is 76.6 Å². The van der Waals surface area contributed by atoms with Gasteiger partial charge in [-0.1, -0.05) is 35.4 Å². The van der Waals surface area contributed by atoms with E-state index in [1.165, 1.54) is 0 Å². The van der Waals surface area contributed by atoms with Crippen molar-refractivity contribution < 1.29 is 14.2 Å². The molecule has 1 aliphatic heterocycles. The summed E-state index contributed by atoms with van der Waals surface area (Å²) in [4.78, 5) is 2.16. The standard InChI is InChI=1S/C21H21Cl2NO3/c1-2-24-10-4-3-5-21(24)26-12-11-25-18-6-8-19(9-7-18)27-20-14-16(22)13-17(23)15-20/h3-9,13-15H,2,10-12H2,1H3. The van der Waals surface area contributed by atoms with Gasteiger partial charge in [0.1, 0.15) is 30.5 Å². The highest BCUT2D eigenvalue weighted by Crippen LogP contribution is 2.29. The summed E-state index contributed by atoms with van der Waals surface area (Å²) in [6.45, 7) is 4.84. The van der Waals surface area contributed by atoms with E-state index in [9.17, 15) is 0 Å². The molecule has 0 saturated carbocycles. The van der Waals surface area contributed by atoms with Crippen molar-refractivity contribution in [3.8, 4) is 17.2 Å². The van der Waals surface area contributed by atoms with Gasteiger partial charge in [0.2, 0.25) is 0 Å². The van der Waals surface area contributed by atoms with Crippen molar-refractivity contribution in [3.63, 3.8) is 0 Å². The van der Waals surface area contributed by atoms with Gasteiger partial charge in [-0.2, -0.15) is 0 Å². The zero-order chi connectivity index (χ0) is 19.1. The molecule has 0 atom stereocenters. The summed E-state index contributed by atoms with van der Waals surface area (Å²) in [5.41, 5.74) is 0. The molecule has 2 aromatic carbocycles. The maximum absolute atomic E-state index is 5.98. The van der Waals surface area contributed by atoms with E-state index in [1.54, 1.807) is 18.2 Å². The zero-order valence-electron chi connectivity index (χ0n) is 15.0. The average molecular weight is 406 g/mol. The summed E-state index contributed by atoms with van der Waals surface area (Å²) < 4.78 is 17.3. The monoisotopic (exact) mass is 405 g/mol. The lowest BCUT2D eigenvalue weighted by Crippen LogP contribution is -2.27. The molecule has 0 bridgehead atoms. The highest BCUT2D eigenvalue weighted by atomic mass is 35.5. The number of nitrogens with zero attached hydrogens (tertiary/aromatic N) is 1.